The summed E-state index contributed by atoms with van der Waals surface area (Å²) in [6, 6.07) is 6.66. The summed E-state index contributed by atoms with van der Waals surface area (Å²) in [5, 5.41) is 9.31. The number of rotatable bonds is 8. The first-order valence-electron chi connectivity index (χ1n) is 7.88. The molecule has 0 saturated carbocycles. The van der Waals surface area contributed by atoms with Crippen LogP contribution in [0.15, 0.2) is 24.3 Å². The SMILES string of the molecule is CC(O)CCN(C)CCC(C)(C)c1ccc(C(C)(F)F)cc1. The number of halogens is 2. The normalized spacial score (nSPS) is 14.4. The average Bonchev–Trinajstić information content (AvgIpc) is 2.42. The zero-order valence-electron chi connectivity index (χ0n) is 14.4. The van der Waals surface area contributed by atoms with Gasteiger partial charge in [-0.25, -0.2) is 8.78 Å². The van der Waals surface area contributed by atoms with E-state index in [1.165, 1.54) is 12.1 Å². The van der Waals surface area contributed by atoms with E-state index in [1.54, 1.807) is 6.92 Å². The summed E-state index contributed by atoms with van der Waals surface area (Å²) in [7, 11) is 2.04. The predicted molar refractivity (Wildman–Crippen MR) is 87.4 cm³/mol. The molecule has 126 valence electrons. The fourth-order valence-electron chi connectivity index (χ4n) is 2.35. The number of hydrogen-bond donors (Lipinski definition) is 1. The third-order valence-electron chi connectivity index (χ3n) is 4.22. The Morgan fingerprint density at radius 1 is 1.05 bits per heavy atom. The third-order valence-corrected chi connectivity index (χ3v) is 4.22. The molecule has 0 amide bonds. The molecule has 1 unspecified atom stereocenters. The van der Waals surface area contributed by atoms with Crippen molar-refractivity contribution in [2.45, 2.75) is 58.0 Å². The third kappa shape index (κ3) is 6.01. The van der Waals surface area contributed by atoms with Gasteiger partial charge < -0.3 is 10.0 Å². The Hall–Kier alpha value is -1.00. The van der Waals surface area contributed by atoms with Crippen LogP contribution >= 0.6 is 0 Å². The van der Waals surface area contributed by atoms with Crippen molar-refractivity contribution in [3.05, 3.63) is 35.4 Å². The van der Waals surface area contributed by atoms with Gasteiger partial charge in [-0.1, -0.05) is 38.1 Å². The molecule has 0 spiro atoms. The Bertz CT molecular complexity index is 449. The fourth-order valence-corrected chi connectivity index (χ4v) is 2.35. The molecular formula is C18H29F2NO. The molecule has 0 aliphatic carbocycles. The van der Waals surface area contributed by atoms with E-state index in [2.05, 4.69) is 18.7 Å². The van der Waals surface area contributed by atoms with Crippen molar-refractivity contribution in [2.24, 2.45) is 0 Å². The van der Waals surface area contributed by atoms with Crippen molar-refractivity contribution in [3.63, 3.8) is 0 Å². The number of hydrogen-bond acceptors (Lipinski definition) is 2. The number of alkyl halides is 2. The molecule has 2 nitrogen and oxygen atoms in total. The fraction of sp³-hybridized carbons (Fsp3) is 0.667. The van der Waals surface area contributed by atoms with Crippen LogP contribution in [-0.4, -0.2) is 36.2 Å². The number of nitrogens with zero attached hydrogens (tertiary/aromatic N) is 1. The van der Waals surface area contributed by atoms with E-state index in [0.717, 1.165) is 38.4 Å². The van der Waals surface area contributed by atoms with Crippen LogP contribution < -0.4 is 0 Å². The molecule has 1 N–H and O–H groups in total. The van der Waals surface area contributed by atoms with Gasteiger partial charge in [-0.2, -0.15) is 0 Å². The monoisotopic (exact) mass is 313 g/mol. The van der Waals surface area contributed by atoms with Crippen LogP contribution in [0.3, 0.4) is 0 Å². The van der Waals surface area contributed by atoms with Gasteiger partial charge in [0.1, 0.15) is 0 Å². The van der Waals surface area contributed by atoms with Gasteiger partial charge in [0.25, 0.3) is 5.92 Å². The Morgan fingerprint density at radius 3 is 2.00 bits per heavy atom. The quantitative estimate of drug-likeness (QED) is 0.778. The highest BCUT2D eigenvalue weighted by molar-refractivity contribution is 5.30. The maximum Gasteiger partial charge on any atom is 0.270 e. The van der Waals surface area contributed by atoms with Crippen molar-refractivity contribution >= 4 is 0 Å². The van der Waals surface area contributed by atoms with Gasteiger partial charge in [0.05, 0.1) is 6.10 Å². The second kappa shape index (κ2) is 7.51. The minimum Gasteiger partial charge on any atom is -0.393 e. The highest BCUT2D eigenvalue weighted by Gasteiger charge is 2.26. The minimum absolute atomic E-state index is 0.0566. The molecule has 0 heterocycles. The molecule has 22 heavy (non-hydrogen) atoms. The predicted octanol–water partition coefficient (Wildman–Crippen LogP) is 4.17. The lowest BCUT2D eigenvalue weighted by Gasteiger charge is -2.29. The van der Waals surface area contributed by atoms with E-state index in [1.807, 2.05) is 19.2 Å². The summed E-state index contributed by atoms with van der Waals surface area (Å²) in [4.78, 5) is 2.20. The van der Waals surface area contributed by atoms with Crippen molar-refractivity contribution in [2.75, 3.05) is 20.1 Å². The summed E-state index contributed by atoms with van der Waals surface area (Å²) in [6.45, 7) is 8.75. The van der Waals surface area contributed by atoms with Crippen LogP contribution in [0.1, 0.15) is 51.7 Å². The zero-order valence-corrected chi connectivity index (χ0v) is 14.4. The largest absolute Gasteiger partial charge is 0.393 e. The molecular weight excluding hydrogens is 284 g/mol. The molecule has 1 aromatic carbocycles. The van der Waals surface area contributed by atoms with Crippen LogP contribution in [0.2, 0.25) is 0 Å². The molecule has 0 fully saturated rings. The molecule has 0 radical (unpaired) electrons. The van der Waals surface area contributed by atoms with Gasteiger partial charge in [0.15, 0.2) is 0 Å². The van der Waals surface area contributed by atoms with Crippen LogP contribution in [0.25, 0.3) is 0 Å². The van der Waals surface area contributed by atoms with Gasteiger partial charge in [-0.05, 0) is 44.3 Å². The summed E-state index contributed by atoms with van der Waals surface area (Å²) in [5.74, 6) is -2.79. The Balaban J connectivity index is 2.62. The number of aliphatic hydroxyl groups is 1. The van der Waals surface area contributed by atoms with E-state index in [9.17, 15) is 13.9 Å². The Morgan fingerprint density at radius 2 is 1.55 bits per heavy atom. The Labute approximate surface area is 133 Å². The summed E-state index contributed by atoms with van der Waals surface area (Å²) in [5.41, 5.74) is 1.06. The summed E-state index contributed by atoms with van der Waals surface area (Å²) < 4.78 is 26.5. The summed E-state index contributed by atoms with van der Waals surface area (Å²) >= 11 is 0. The van der Waals surface area contributed by atoms with Crippen LogP contribution in [-0.2, 0) is 11.3 Å². The molecule has 1 aromatic rings. The lowest BCUT2D eigenvalue weighted by atomic mass is 9.81. The van der Waals surface area contributed by atoms with Crippen molar-refractivity contribution in [1.29, 1.82) is 0 Å². The molecule has 0 aromatic heterocycles. The second-order valence-electron chi connectivity index (χ2n) is 7.04. The molecule has 0 saturated heterocycles. The van der Waals surface area contributed by atoms with Gasteiger partial charge >= 0.3 is 0 Å². The van der Waals surface area contributed by atoms with Crippen LogP contribution in [0.4, 0.5) is 8.78 Å². The first kappa shape index (κ1) is 19.0. The molecule has 1 atom stereocenters. The standard InChI is InChI=1S/C18H29F2NO/c1-14(22)10-12-21(5)13-11-17(2,3)15-6-8-16(9-7-15)18(4,19)20/h6-9,14,22H,10-13H2,1-5H3. The zero-order chi connectivity index (χ0) is 17.0. The van der Waals surface area contributed by atoms with Crippen molar-refractivity contribution in [3.8, 4) is 0 Å². The Kier molecular flexibility index (Phi) is 6.50. The number of aliphatic hydroxyl groups excluding tert-OH is 1. The molecule has 4 heteroatoms. The average molecular weight is 313 g/mol. The van der Waals surface area contributed by atoms with Crippen molar-refractivity contribution < 1.29 is 13.9 Å². The lowest BCUT2D eigenvalue weighted by molar-refractivity contribution is 0.0174. The van der Waals surface area contributed by atoms with E-state index in [4.69, 9.17) is 0 Å². The first-order chi connectivity index (χ1) is 10.0. The van der Waals surface area contributed by atoms with Gasteiger partial charge in [0.2, 0.25) is 0 Å². The number of benzene rings is 1. The molecule has 0 aliphatic rings. The van der Waals surface area contributed by atoms with E-state index < -0.39 is 5.92 Å². The molecule has 1 rings (SSSR count). The second-order valence-corrected chi connectivity index (χ2v) is 7.04. The first-order valence-corrected chi connectivity index (χ1v) is 7.88. The molecule has 0 bridgehead atoms. The lowest BCUT2D eigenvalue weighted by Crippen LogP contribution is -2.29. The minimum atomic E-state index is -2.79. The van der Waals surface area contributed by atoms with Crippen LogP contribution in [0.5, 0.6) is 0 Å². The maximum absolute atomic E-state index is 13.3. The molecule has 0 aliphatic heterocycles. The summed E-state index contributed by atoms with van der Waals surface area (Å²) in [6.07, 6.45) is 1.42. The van der Waals surface area contributed by atoms with Crippen molar-refractivity contribution in [1.82, 2.24) is 4.90 Å². The van der Waals surface area contributed by atoms with Gasteiger partial charge in [0, 0.05) is 19.0 Å². The highest BCUT2D eigenvalue weighted by Crippen LogP contribution is 2.31. The van der Waals surface area contributed by atoms with Gasteiger partial charge in [-0.3, -0.25) is 0 Å². The van der Waals surface area contributed by atoms with E-state index >= 15 is 0 Å². The van der Waals surface area contributed by atoms with Crippen LogP contribution in [0, 0.1) is 0 Å². The maximum atomic E-state index is 13.3. The highest BCUT2D eigenvalue weighted by atomic mass is 19.3. The topological polar surface area (TPSA) is 23.5 Å². The van der Waals surface area contributed by atoms with E-state index in [0.29, 0.717) is 0 Å². The smallest absolute Gasteiger partial charge is 0.270 e. The van der Waals surface area contributed by atoms with Gasteiger partial charge in [-0.15, -0.1) is 0 Å². The van der Waals surface area contributed by atoms with E-state index in [-0.39, 0.29) is 17.1 Å².